The Morgan fingerprint density at radius 3 is 2.15 bits per heavy atom. The quantitative estimate of drug-likeness (QED) is 0.764. The molecular weight excluding hydrogens is 366 g/mol. The zero-order valence-electron chi connectivity index (χ0n) is 15.1. The van der Waals surface area contributed by atoms with Gasteiger partial charge in [-0.15, -0.1) is 0 Å². The molecule has 0 aromatic heterocycles. The zero-order valence-corrected chi connectivity index (χ0v) is 16.0. The van der Waals surface area contributed by atoms with Crippen LogP contribution in [0.1, 0.15) is 32.1 Å². The number of nitrogens with one attached hydrogen (secondary N) is 1. The first-order chi connectivity index (χ1) is 12.9. The topological polar surface area (TPSA) is 110 Å². The van der Waals surface area contributed by atoms with E-state index in [1.807, 2.05) is 17.1 Å². The van der Waals surface area contributed by atoms with E-state index < -0.39 is 15.9 Å². The highest BCUT2D eigenvalue weighted by atomic mass is 32.2. The highest BCUT2D eigenvalue weighted by Gasteiger charge is 2.36. The Morgan fingerprint density at radius 2 is 1.56 bits per heavy atom. The van der Waals surface area contributed by atoms with E-state index >= 15 is 0 Å². The van der Waals surface area contributed by atoms with E-state index in [1.165, 1.54) is 24.3 Å². The number of hydrogen-bond acceptors (Lipinski definition) is 4. The summed E-state index contributed by atoms with van der Waals surface area (Å²) in [4.78, 5) is 27.6. The van der Waals surface area contributed by atoms with Crippen LogP contribution in [0.2, 0.25) is 0 Å². The van der Waals surface area contributed by atoms with Crippen LogP contribution in [0.25, 0.3) is 0 Å². The number of carbonyl (C=O) groups excluding carboxylic acids is 2. The molecule has 1 saturated heterocycles. The molecule has 146 valence electrons. The first kappa shape index (κ1) is 19.6. The van der Waals surface area contributed by atoms with Gasteiger partial charge in [0.15, 0.2) is 0 Å². The van der Waals surface area contributed by atoms with Gasteiger partial charge in [0.05, 0.1) is 16.7 Å². The lowest BCUT2D eigenvalue weighted by atomic mass is 9.81. The molecule has 0 radical (unpaired) electrons. The van der Waals surface area contributed by atoms with Crippen LogP contribution < -0.4 is 10.5 Å². The third-order valence-corrected chi connectivity index (χ3v) is 6.13. The van der Waals surface area contributed by atoms with E-state index in [9.17, 15) is 18.0 Å². The number of primary sulfonamides is 1. The smallest absolute Gasteiger partial charge is 0.238 e. The van der Waals surface area contributed by atoms with Gasteiger partial charge < -0.3 is 10.2 Å². The average Bonchev–Trinajstić information content (AvgIpc) is 2.68. The Hall–Kier alpha value is -2.19. The highest BCUT2D eigenvalue weighted by molar-refractivity contribution is 7.89. The normalized spacial score (nSPS) is 23.1. The summed E-state index contributed by atoms with van der Waals surface area (Å²) in [5.74, 6) is -0.944. The molecule has 0 saturated carbocycles. The van der Waals surface area contributed by atoms with E-state index in [-0.39, 0.29) is 22.6 Å². The molecule has 1 aliphatic heterocycles. The van der Waals surface area contributed by atoms with Crippen LogP contribution in [-0.4, -0.2) is 38.2 Å². The van der Waals surface area contributed by atoms with Gasteiger partial charge in [-0.1, -0.05) is 12.2 Å². The molecule has 0 spiro atoms. The molecule has 27 heavy (non-hydrogen) atoms. The van der Waals surface area contributed by atoms with Gasteiger partial charge in [-0.3, -0.25) is 9.59 Å². The molecule has 1 fully saturated rings. The van der Waals surface area contributed by atoms with Crippen molar-refractivity contribution < 1.29 is 18.0 Å². The van der Waals surface area contributed by atoms with Gasteiger partial charge in [0.1, 0.15) is 0 Å². The number of hydrogen-bond donors (Lipinski definition) is 2. The Kier molecular flexibility index (Phi) is 5.96. The summed E-state index contributed by atoms with van der Waals surface area (Å²) in [7, 11) is -3.77. The minimum absolute atomic E-state index is 0.0146. The Bertz CT molecular complexity index is 827. The van der Waals surface area contributed by atoms with Gasteiger partial charge in [-0.2, -0.15) is 0 Å². The number of anilines is 1. The summed E-state index contributed by atoms with van der Waals surface area (Å²) in [5, 5.41) is 7.88. The second-order valence-corrected chi connectivity index (χ2v) is 8.66. The summed E-state index contributed by atoms with van der Waals surface area (Å²) in [6.45, 7) is 1.53. The molecule has 0 bridgehead atoms. The number of amides is 2. The summed E-state index contributed by atoms with van der Waals surface area (Å²) >= 11 is 0. The molecule has 1 aromatic rings. The Morgan fingerprint density at radius 1 is 0.963 bits per heavy atom. The minimum atomic E-state index is -3.77. The number of likely N-dealkylation sites (tertiary alicyclic amines) is 1. The lowest BCUT2D eigenvalue weighted by molar-refractivity contribution is -0.141. The van der Waals surface area contributed by atoms with Gasteiger partial charge in [0.2, 0.25) is 21.8 Å². The first-order valence-electron chi connectivity index (χ1n) is 9.24. The minimum Gasteiger partial charge on any atom is -0.342 e. The van der Waals surface area contributed by atoms with Crippen molar-refractivity contribution in [1.82, 2.24) is 4.90 Å². The number of nitrogens with zero attached hydrogens (tertiary/aromatic N) is 1. The average molecular weight is 391 g/mol. The van der Waals surface area contributed by atoms with Crippen LogP contribution in [0.4, 0.5) is 5.69 Å². The number of benzene rings is 1. The molecule has 1 aliphatic carbocycles. The van der Waals surface area contributed by atoms with Crippen molar-refractivity contribution >= 4 is 27.5 Å². The monoisotopic (exact) mass is 391 g/mol. The summed E-state index contributed by atoms with van der Waals surface area (Å²) < 4.78 is 22.6. The predicted octanol–water partition coefficient (Wildman–Crippen LogP) is 1.87. The van der Waals surface area contributed by atoms with Crippen LogP contribution >= 0.6 is 0 Å². The van der Waals surface area contributed by atoms with Crippen LogP contribution in [0.15, 0.2) is 41.3 Å². The zero-order chi connectivity index (χ0) is 19.4. The SMILES string of the molecule is NS(=O)(=O)c1ccc(NC(=O)[C@H]2CC=CC[C@@H]2C(=O)N2CCCCC2)cc1. The molecule has 2 amide bonds. The number of rotatable bonds is 4. The van der Waals surface area contributed by atoms with E-state index in [2.05, 4.69) is 5.32 Å². The summed E-state index contributed by atoms with van der Waals surface area (Å²) in [6, 6.07) is 5.69. The number of allylic oxidation sites excluding steroid dienone is 2. The predicted molar refractivity (Wildman–Crippen MR) is 102 cm³/mol. The molecule has 3 N–H and O–H groups in total. The third-order valence-electron chi connectivity index (χ3n) is 5.20. The van der Waals surface area contributed by atoms with Crippen molar-refractivity contribution in [3.05, 3.63) is 36.4 Å². The molecule has 0 unspecified atom stereocenters. The molecular formula is C19H25N3O4S. The van der Waals surface area contributed by atoms with Gasteiger partial charge in [-0.25, -0.2) is 13.6 Å². The summed E-state index contributed by atoms with van der Waals surface area (Å²) in [5.41, 5.74) is 0.478. The third kappa shape index (κ3) is 4.75. The van der Waals surface area contributed by atoms with Gasteiger partial charge >= 0.3 is 0 Å². The molecule has 8 heteroatoms. The maximum absolute atomic E-state index is 12.9. The molecule has 2 aliphatic rings. The van der Waals surface area contributed by atoms with Crippen LogP contribution in [0.5, 0.6) is 0 Å². The number of nitrogens with two attached hydrogens (primary N) is 1. The molecule has 7 nitrogen and oxygen atoms in total. The molecule has 1 heterocycles. The van der Waals surface area contributed by atoms with Crippen molar-refractivity contribution in [3.8, 4) is 0 Å². The van der Waals surface area contributed by atoms with Crippen molar-refractivity contribution in [1.29, 1.82) is 0 Å². The number of sulfonamides is 1. The van der Waals surface area contributed by atoms with Crippen LogP contribution in [-0.2, 0) is 19.6 Å². The highest BCUT2D eigenvalue weighted by Crippen LogP contribution is 2.30. The van der Waals surface area contributed by atoms with Crippen molar-refractivity contribution in [2.24, 2.45) is 17.0 Å². The lowest BCUT2D eigenvalue weighted by Crippen LogP contribution is -2.45. The van der Waals surface area contributed by atoms with E-state index in [1.54, 1.807) is 0 Å². The van der Waals surface area contributed by atoms with E-state index in [4.69, 9.17) is 5.14 Å². The molecule has 3 rings (SSSR count). The maximum Gasteiger partial charge on any atom is 0.238 e. The fourth-order valence-corrected chi connectivity index (χ4v) is 4.20. The van der Waals surface area contributed by atoms with Crippen molar-refractivity contribution in [3.63, 3.8) is 0 Å². The number of carbonyl (C=O) groups is 2. The Balaban J connectivity index is 1.70. The largest absolute Gasteiger partial charge is 0.342 e. The van der Waals surface area contributed by atoms with Gasteiger partial charge in [0.25, 0.3) is 0 Å². The van der Waals surface area contributed by atoms with E-state index in [0.29, 0.717) is 18.5 Å². The fourth-order valence-electron chi connectivity index (χ4n) is 3.69. The standard InChI is InChI=1S/C19H25N3O4S/c20-27(25,26)15-10-8-14(9-11-15)21-18(23)16-6-2-3-7-17(16)19(24)22-12-4-1-5-13-22/h2-3,8-11,16-17H,1,4-7,12-13H2,(H,21,23)(H2,20,25,26)/t16-,17-/m0/s1. The number of piperidine rings is 1. The Labute approximate surface area is 159 Å². The molecule has 1 aromatic carbocycles. The van der Waals surface area contributed by atoms with Crippen LogP contribution in [0, 0.1) is 11.8 Å². The van der Waals surface area contributed by atoms with Crippen LogP contribution in [0.3, 0.4) is 0 Å². The van der Waals surface area contributed by atoms with Gasteiger partial charge in [0, 0.05) is 18.8 Å². The molecule has 2 atom stereocenters. The summed E-state index contributed by atoms with van der Waals surface area (Å²) in [6.07, 6.45) is 8.17. The maximum atomic E-state index is 12.9. The van der Waals surface area contributed by atoms with Crippen molar-refractivity contribution in [2.75, 3.05) is 18.4 Å². The second kappa shape index (κ2) is 8.22. The van der Waals surface area contributed by atoms with Gasteiger partial charge in [-0.05, 0) is 56.4 Å². The first-order valence-corrected chi connectivity index (χ1v) is 10.8. The van der Waals surface area contributed by atoms with E-state index in [0.717, 1.165) is 32.4 Å². The van der Waals surface area contributed by atoms with Crippen molar-refractivity contribution in [2.45, 2.75) is 37.0 Å². The second-order valence-electron chi connectivity index (χ2n) is 7.10. The fraction of sp³-hybridized carbons (Fsp3) is 0.474. The lowest BCUT2D eigenvalue weighted by Gasteiger charge is -2.34.